The molecule has 0 radical (unpaired) electrons. The quantitative estimate of drug-likeness (QED) is 0.826. The van der Waals surface area contributed by atoms with Crippen molar-refractivity contribution < 1.29 is 14.3 Å². The highest BCUT2D eigenvalue weighted by molar-refractivity contribution is 9.10. The maximum absolute atomic E-state index is 11.9. The SMILES string of the molecule is CC(C)(C)OC(=O)NCCNC(=O)c1ccccc1Br. The van der Waals surface area contributed by atoms with E-state index in [1.165, 1.54) is 0 Å². The number of carbonyl (C=O) groups is 2. The van der Waals surface area contributed by atoms with Gasteiger partial charge in [0.25, 0.3) is 5.91 Å². The highest BCUT2D eigenvalue weighted by atomic mass is 79.9. The molecular weight excluding hydrogens is 324 g/mol. The predicted octanol–water partition coefficient (Wildman–Crippen LogP) is 2.70. The normalized spacial score (nSPS) is 10.8. The fourth-order valence-corrected chi connectivity index (χ4v) is 1.86. The van der Waals surface area contributed by atoms with Gasteiger partial charge in [-0.1, -0.05) is 12.1 Å². The van der Waals surface area contributed by atoms with E-state index in [4.69, 9.17) is 4.74 Å². The molecule has 0 saturated carbocycles. The van der Waals surface area contributed by atoms with Crippen LogP contribution < -0.4 is 10.6 Å². The largest absolute Gasteiger partial charge is 0.444 e. The van der Waals surface area contributed by atoms with Crippen LogP contribution in [0.4, 0.5) is 4.79 Å². The Labute approximate surface area is 127 Å². The minimum absolute atomic E-state index is 0.191. The predicted molar refractivity (Wildman–Crippen MR) is 80.7 cm³/mol. The van der Waals surface area contributed by atoms with Gasteiger partial charge in [-0.2, -0.15) is 0 Å². The summed E-state index contributed by atoms with van der Waals surface area (Å²) in [6.45, 7) is 6.02. The van der Waals surface area contributed by atoms with Gasteiger partial charge in [-0.25, -0.2) is 4.79 Å². The van der Waals surface area contributed by atoms with Crippen molar-refractivity contribution in [2.45, 2.75) is 26.4 Å². The number of carbonyl (C=O) groups excluding carboxylic acids is 2. The first-order valence-corrected chi connectivity index (χ1v) is 7.08. The van der Waals surface area contributed by atoms with E-state index in [2.05, 4.69) is 26.6 Å². The number of benzene rings is 1. The Kier molecular flexibility index (Phi) is 6.01. The van der Waals surface area contributed by atoms with Crippen LogP contribution >= 0.6 is 15.9 Å². The van der Waals surface area contributed by atoms with Gasteiger partial charge >= 0.3 is 6.09 Å². The van der Waals surface area contributed by atoms with E-state index in [0.29, 0.717) is 18.7 Å². The molecule has 1 aromatic rings. The molecule has 0 unspecified atom stereocenters. The van der Waals surface area contributed by atoms with Crippen LogP contribution in [0.25, 0.3) is 0 Å². The van der Waals surface area contributed by atoms with E-state index in [1.807, 2.05) is 6.07 Å². The molecule has 0 aliphatic heterocycles. The van der Waals surface area contributed by atoms with Crippen LogP contribution in [0, 0.1) is 0 Å². The summed E-state index contributed by atoms with van der Waals surface area (Å²) in [5, 5.41) is 5.29. The van der Waals surface area contributed by atoms with Crippen molar-refractivity contribution in [2.75, 3.05) is 13.1 Å². The second-order valence-corrected chi connectivity index (χ2v) is 6.02. The number of alkyl carbamates (subject to hydrolysis) is 1. The molecule has 1 rings (SSSR count). The van der Waals surface area contributed by atoms with Crippen LogP contribution in [0.2, 0.25) is 0 Å². The summed E-state index contributed by atoms with van der Waals surface area (Å²) in [7, 11) is 0. The van der Waals surface area contributed by atoms with Crippen molar-refractivity contribution in [1.82, 2.24) is 10.6 Å². The summed E-state index contributed by atoms with van der Waals surface area (Å²) in [5.74, 6) is -0.191. The minimum atomic E-state index is -0.526. The first kappa shape index (κ1) is 16.5. The van der Waals surface area contributed by atoms with E-state index >= 15 is 0 Å². The van der Waals surface area contributed by atoms with Crippen molar-refractivity contribution >= 4 is 27.9 Å². The molecule has 0 spiro atoms. The van der Waals surface area contributed by atoms with E-state index in [1.54, 1.807) is 39.0 Å². The van der Waals surface area contributed by atoms with Crippen LogP contribution in [-0.2, 0) is 4.74 Å². The maximum atomic E-state index is 11.9. The van der Waals surface area contributed by atoms with Crippen LogP contribution in [0.1, 0.15) is 31.1 Å². The number of amides is 2. The average molecular weight is 343 g/mol. The van der Waals surface area contributed by atoms with Crippen LogP contribution in [0.5, 0.6) is 0 Å². The molecule has 110 valence electrons. The Hall–Kier alpha value is -1.56. The minimum Gasteiger partial charge on any atom is -0.444 e. The second-order valence-electron chi connectivity index (χ2n) is 5.16. The van der Waals surface area contributed by atoms with Gasteiger partial charge in [0.05, 0.1) is 5.56 Å². The molecule has 0 atom stereocenters. The number of hydrogen-bond acceptors (Lipinski definition) is 3. The summed E-state index contributed by atoms with van der Waals surface area (Å²) in [6.07, 6.45) is -0.493. The third-order valence-corrected chi connectivity index (χ3v) is 2.89. The maximum Gasteiger partial charge on any atom is 0.407 e. The van der Waals surface area contributed by atoms with Crippen molar-refractivity contribution in [3.63, 3.8) is 0 Å². The van der Waals surface area contributed by atoms with Crippen LogP contribution in [-0.4, -0.2) is 30.7 Å². The summed E-state index contributed by atoms with van der Waals surface area (Å²) in [5.41, 5.74) is 0.0344. The fourth-order valence-electron chi connectivity index (χ4n) is 1.40. The lowest BCUT2D eigenvalue weighted by Crippen LogP contribution is -2.37. The van der Waals surface area contributed by atoms with Crippen molar-refractivity contribution in [3.8, 4) is 0 Å². The van der Waals surface area contributed by atoms with E-state index in [-0.39, 0.29) is 5.91 Å². The number of rotatable bonds is 4. The van der Waals surface area contributed by atoms with Gasteiger partial charge in [0, 0.05) is 17.6 Å². The first-order chi connectivity index (χ1) is 9.29. The summed E-state index contributed by atoms with van der Waals surface area (Å²) in [6, 6.07) is 7.15. The van der Waals surface area contributed by atoms with Gasteiger partial charge in [-0.05, 0) is 48.8 Å². The standard InChI is InChI=1S/C14H19BrN2O3/c1-14(2,3)20-13(19)17-9-8-16-12(18)10-6-4-5-7-11(10)15/h4-7H,8-9H2,1-3H3,(H,16,18)(H,17,19). The van der Waals surface area contributed by atoms with Gasteiger partial charge in [0.2, 0.25) is 0 Å². The molecule has 6 heteroatoms. The van der Waals surface area contributed by atoms with Crippen molar-refractivity contribution in [2.24, 2.45) is 0 Å². The number of hydrogen-bond donors (Lipinski definition) is 2. The van der Waals surface area contributed by atoms with Gasteiger partial charge in [0.1, 0.15) is 5.60 Å². The molecule has 0 aliphatic rings. The van der Waals surface area contributed by atoms with Crippen molar-refractivity contribution in [1.29, 1.82) is 0 Å². The lowest BCUT2D eigenvalue weighted by Gasteiger charge is -2.19. The van der Waals surface area contributed by atoms with Gasteiger partial charge in [-0.3, -0.25) is 4.79 Å². The Morgan fingerprint density at radius 2 is 1.75 bits per heavy atom. The number of ether oxygens (including phenoxy) is 1. The van der Waals surface area contributed by atoms with E-state index in [0.717, 1.165) is 4.47 Å². The third kappa shape index (κ3) is 6.06. The molecule has 0 saturated heterocycles. The van der Waals surface area contributed by atoms with Crippen LogP contribution in [0.3, 0.4) is 0 Å². The van der Waals surface area contributed by atoms with E-state index in [9.17, 15) is 9.59 Å². The summed E-state index contributed by atoms with van der Waals surface area (Å²) >= 11 is 3.31. The molecule has 20 heavy (non-hydrogen) atoms. The topological polar surface area (TPSA) is 67.4 Å². The molecule has 0 aliphatic carbocycles. The Morgan fingerprint density at radius 3 is 2.35 bits per heavy atom. The molecule has 0 fully saturated rings. The van der Waals surface area contributed by atoms with E-state index < -0.39 is 11.7 Å². The highest BCUT2D eigenvalue weighted by Crippen LogP contribution is 2.15. The lowest BCUT2D eigenvalue weighted by molar-refractivity contribution is 0.0526. The van der Waals surface area contributed by atoms with Gasteiger partial charge in [0.15, 0.2) is 0 Å². The average Bonchev–Trinajstić information content (AvgIpc) is 2.33. The highest BCUT2D eigenvalue weighted by Gasteiger charge is 2.15. The number of halogens is 1. The van der Waals surface area contributed by atoms with Gasteiger partial charge < -0.3 is 15.4 Å². The lowest BCUT2D eigenvalue weighted by atomic mass is 10.2. The third-order valence-electron chi connectivity index (χ3n) is 2.20. The monoisotopic (exact) mass is 342 g/mol. The Balaban J connectivity index is 2.30. The molecule has 0 heterocycles. The zero-order chi connectivity index (χ0) is 15.2. The molecule has 0 aromatic heterocycles. The Morgan fingerprint density at radius 1 is 1.15 bits per heavy atom. The number of nitrogens with one attached hydrogen (secondary N) is 2. The van der Waals surface area contributed by atoms with Crippen molar-refractivity contribution in [3.05, 3.63) is 34.3 Å². The molecule has 0 bridgehead atoms. The molecule has 2 amide bonds. The second kappa shape index (κ2) is 7.28. The molecule has 5 nitrogen and oxygen atoms in total. The fraction of sp³-hybridized carbons (Fsp3) is 0.429. The molecular formula is C14H19BrN2O3. The summed E-state index contributed by atoms with van der Waals surface area (Å²) < 4.78 is 5.81. The zero-order valence-corrected chi connectivity index (χ0v) is 13.4. The molecule has 2 N–H and O–H groups in total. The zero-order valence-electron chi connectivity index (χ0n) is 11.8. The Bertz CT molecular complexity index is 484. The summed E-state index contributed by atoms with van der Waals surface area (Å²) in [4.78, 5) is 23.2. The molecule has 1 aromatic carbocycles. The van der Waals surface area contributed by atoms with Gasteiger partial charge in [-0.15, -0.1) is 0 Å². The first-order valence-electron chi connectivity index (χ1n) is 6.29. The van der Waals surface area contributed by atoms with Crippen LogP contribution in [0.15, 0.2) is 28.7 Å². The smallest absolute Gasteiger partial charge is 0.407 e.